The van der Waals surface area contributed by atoms with Gasteiger partial charge in [-0.05, 0) is 36.4 Å². The summed E-state index contributed by atoms with van der Waals surface area (Å²) in [5, 5.41) is 8.62. The van der Waals surface area contributed by atoms with Crippen LogP contribution in [0.15, 0.2) is 48.8 Å². The van der Waals surface area contributed by atoms with Crippen LogP contribution in [0.25, 0.3) is 0 Å². The van der Waals surface area contributed by atoms with Crippen molar-refractivity contribution in [3.63, 3.8) is 0 Å². The van der Waals surface area contributed by atoms with Gasteiger partial charge in [-0.2, -0.15) is 5.26 Å². The molecule has 0 aliphatic carbocycles. The average Bonchev–Trinajstić information content (AvgIpc) is 2.40. The van der Waals surface area contributed by atoms with Crippen molar-refractivity contribution in [2.75, 3.05) is 0 Å². The minimum absolute atomic E-state index is 0.386. The molecule has 2 aromatic rings. The Bertz CT molecular complexity index is 556. The second kappa shape index (κ2) is 4.90. The van der Waals surface area contributed by atoms with Gasteiger partial charge in [-0.3, -0.25) is 4.98 Å². The standard InChI is InChI=1S/C13H8N2O2/c14-8-10-3-5-12(6-4-10)17-13(16)11-2-1-7-15-9-11/h1-7,9H. The van der Waals surface area contributed by atoms with E-state index in [4.69, 9.17) is 10.00 Å². The van der Waals surface area contributed by atoms with E-state index in [0.29, 0.717) is 16.9 Å². The Labute approximate surface area is 98.1 Å². The summed E-state index contributed by atoms with van der Waals surface area (Å²) in [4.78, 5) is 15.5. The Morgan fingerprint density at radius 1 is 1.24 bits per heavy atom. The maximum Gasteiger partial charge on any atom is 0.345 e. The Hall–Kier alpha value is -2.67. The number of carbonyl (C=O) groups is 1. The summed E-state index contributed by atoms with van der Waals surface area (Å²) in [5.74, 6) is -0.0688. The summed E-state index contributed by atoms with van der Waals surface area (Å²) in [6.45, 7) is 0. The van der Waals surface area contributed by atoms with Crippen molar-refractivity contribution in [3.05, 3.63) is 59.9 Å². The number of pyridine rings is 1. The Balaban J connectivity index is 2.11. The van der Waals surface area contributed by atoms with Crippen LogP contribution >= 0.6 is 0 Å². The number of aromatic nitrogens is 1. The molecular formula is C13H8N2O2. The van der Waals surface area contributed by atoms with Crippen molar-refractivity contribution in [1.29, 1.82) is 5.26 Å². The van der Waals surface area contributed by atoms with Crippen LogP contribution in [0.4, 0.5) is 0 Å². The largest absolute Gasteiger partial charge is 0.423 e. The fraction of sp³-hybridized carbons (Fsp3) is 0. The third kappa shape index (κ3) is 2.67. The minimum atomic E-state index is -0.470. The SMILES string of the molecule is N#Cc1ccc(OC(=O)c2cccnc2)cc1. The maximum atomic E-state index is 11.6. The first-order chi connectivity index (χ1) is 8.29. The van der Waals surface area contributed by atoms with Gasteiger partial charge in [0.1, 0.15) is 5.75 Å². The lowest BCUT2D eigenvalue weighted by Gasteiger charge is -2.03. The van der Waals surface area contributed by atoms with Gasteiger partial charge in [-0.25, -0.2) is 4.79 Å². The van der Waals surface area contributed by atoms with E-state index in [0.717, 1.165) is 0 Å². The molecule has 0 fully saturated rings. The highest BCUT2D eigenvalue weighted by molar-refractivity contribution is 5.90. The number of nitrogens with zero attached hydrogens (tertiary/aromatic N) is 2. The topological polar surface area (TPSA) is 63.0 Å². The van der Waals surface area contributed by atoms with Crippen LogP contribution in [0.1, 0.15) is 15.9 Å². The second-order valence-corrected chi connectivity index (χ2v) is 3.27. The van der Waals surface area contributed by atoms with E-state index in [-0.39, 0.29) is 0 Å². The minimum Gasteiger partial charge on any atom is -0.423 e. The van der Waals surface area contributed by atoms with Gasteiger partial charge < -0.3 is 4.74 Å². The van der Waals surface area contributed by atoms with Crippen molar-refractivity contribution in [2.45, 2.75) is 0 Å². The predicted molar refractivity (Wildman–Crippen MR) is 60.4 cm³/mol. The Morgan fingerprint density at radius 3 is 2.59 bits per heavy atom. The molecule has 0 saturated carbocycles. The van der Waals surface area contributed by atoms with Crippen LogP contribution in [0, 0.1) is 11.3 Å². The molecule has 1 aromatic heterocycles. The summed E-state index contributed by atoms with van der Waals surface area (Å²) < 4.78 is 5.11. The van der Waals surface area contributed by atoms with Gasteiger partial charge in [-0.1, -0.05) is 0 Å². The maximum absolute atomic E-state index is 11.6. The number of ether oxygens (including phenoxy) is 1. The second-order valence-electron chi connectivity index (χ2n) is 3.27. The zero-order valence-corrected chi connectivity index (χ0v) is 8.83. The van der Waals surface area contributed by atoms with Crippen molar-refractivity contribution in [2.24, 2.45) is 0 Å². The number of benzene rings is 1. The van der Waals surface area contributed by atoms with Gasteiger partial charge in [0, 0.05) is 12.4 Å². The molecule has 0 bridgehead atoms. The summed E-state index contributed by atoms with van der Waals surface area (Å²) in [5.41, 5.74) is 0.906. The zero-order chi connectivity index (χ0) is 12.1. The summed E-state index contributed by atoms with van der Waals surface area (Å²) in [7, 11) is 0. The van der Waals surface area contributed by atoms with E-state index >= 15 is 0 Å². The van der Waals surface area contributed by atoms with Crippen LogP contribution in [0.5, 0.6) is 5.75 Å². The molecule has 0 saturated heterocycles. The number of rotatable bonds is 2. The molecule has 1 aromatic carbocycles. The lowest BCUT2D eigenvalue weighted by Crippen LogP contribution is -2.08. The fourth-order valence-electron chi connectivity index (χ4n) is 1.25. The van der Waals surface area contributed by atoms with E-state index in [9.17, 15) is 4.79 Å². The highest BCUT2D eigenvalue weighted by Gasteiger charge is 2.07. The highest BCUT2D eigenvalue weighted by atomic mass is 16.5. The molecule has 2 rings (SSSR count). The summed E-state index contributed by atoms with van der Waals surface area (Å²) in [6.07, 6.45) is 3.02. The molecule has 0 N–H and O–H groups in total. The van der Waals surface area contributed by atoms with E-state index < -0.39 is 5.97 Å². The Kier molecular flexibility index (Phi) is 3.13. The molecule has 4 heteroatoms. The summed E-state index contributed by atoms with van der Waals surface area (Å²) in [6, 6.07) is 11.6. The normalized spacial score (nSPS) is 9.35. The molecule has 0 atom stereocenters. The van der Waals surface area contributed by atoms with Crippen LogP contribution in [0.3, 0.4) is 0 Å². The smallest absolute Gasteiger partial charge is 0.345 e. The molecule has 4 nitrogen and oxygen atoms in total. The van der Waals surface area contributed by atoms with Crippen LogP contribution in [-0.2, 0) is 0 Å². The fourth-order valence-corrected chi connectivity index (χ4v) is 1.25. The zero-order valence-electron chi connectivity index (χ0n) is 8.83. The van der Waals surface area contributed by atoms with Crippen molar-refractivity contribution < 1.29 is 9.53 Å². The average molecular weight is 224 g/mol. The first-order valence-corrected chi connectivity index (χ1v) is 4.92. The predicted octanol–water partition coefficient (Wildman–Crippen LogP) is 2.17. The molecule has 1 heterocycles. The third-order valence-corrected chi connectivity index (χ3v) is 2.09. The number of hydrogen-bond acceptors (Lipinski definition) is 4. The van der Waals surface area contributed by atoms with Crippen LogP contribution < -0.4 is 4.74 Å². The molecule has 0 aliphatic rings. The Morgan fingerprint density at radius 2 is 2.00 bits per heavy atom. The molecule has 0 aliphatic heterocycles. The van der Waals surface area contributed by atoms with Gasteiger partial charge in [-0.15, -0.1) is 0 Å². The van der Waals surface area contributed by atoms with E-state index in [1.54, 1.807) is 42.6 Å². The van der Waals surface area contributed by atoms with E-state index in [1.807, 2.05) is 6.07 Å². The molecule has 0 radical (unpaired) electrons. The lowest BCUT2D eigenvalue weighted by molar-refractivity contribution is 0.0734. The van der Waals surface area contributed by atoms with Crippen molar-refractivity contribution in [1.82, 2.24) is 4.98 Å². The van der Waals surface area contributed by atoms with E-state index in [2.05, 4.69) is 4.98 Å². The number of carbonyl (C=O) groups excluding carboxylic acids is 1. The molecule has 17 heavy (non-hydrogen) atoms. The van der Waals surface area contributed by atoms with Crippen molar-refractivity contribution >= 4 is 5.97 Å². The first kappa shape index (κ1) is 10.8. The summed E-state index contributed by atoms with van der Waals surface area (Å²) >= 11 is 0. The molecule has 0 amide bonds. The number of nitriles is 1. The third-order valence-electron chi connectivity index (χ3n) is 2.09. The molecule has 0 spiro atoms. The quantitative estimate of drug-likeness (QED) is 0.579. The molecule has 82 valence electrons. The van der Waals surface area contributed by atoms with Crippen LogP contribution in [-0.4, -0.2) is 11.0 Å². The number of esters is 1. The van der Waals surface area contributed by atoms with Crippen molar-refractivity contribution in [3.8, 4) is 11.8 Å². The number of hydrogen-bond donors (Lipinski definition) is 0. The van der Waals surface area contributed by atoms with Gasteiger partial charge >= 0.3 is 5.97 Å². The molecular weight excluding hydrogens is 216 g/mol. The van der Waals surface area contributed by atoms with Crippen LogP contribution in [0.2, 0.25) is 0 Å². The van der Waals surface area contributed by atoms with Gasteiger partial charge in [0.05, 0.1) is 17.2 Å². The van der Waals surface area contributed by atoms with Gasteiger partial charge in [0.2, 0.25) is 0 Å². The van der Waals surface area contributed by atoms with Gasteiger partial charge in [0.25, 0.3) is 0 Å². The molecule has 0 unspecified atom stereocenters. The first-order valence-electron chi connectivity index (χ1n) is 4.92. The highest BCUT2D eigenvalue weighted by Crippen LogP contribution is 2.13. The lowest BCUT2D eigenvalue weighted by atomic mass is 10.2. The van der Waals surface area contributed by atoms with Gasteiger partial charge in [0.15, 0.2) is 0 Å². The van der Waals surface area contributed by atoms with E-state index in [1.165, 1.54) is 6.20 Å². The monoisotopic (exact) mass is 224 g/mol.